The Morgan fingerprint density at radius 2 is 2.07 bits per heavy atom. The van der Waals surface area contributed by atoms with Gasteiger partial charge in [-0.3, -0.25) is 0 Å². The quantitative estimate of drug-likeness (QED) is 0.455. The second-order valence-corrected chi connectivity index (χ2v) is 8.91. The Labute approximate surface area is 160 Å². The SMILES string of the molecule is CS(=O)(=O)CCCOc1ccc2ncc(-c3cc4cc(Cl)ccc4o3)n2n1. The highest BCUT2D eigenvalue weighted by Crippen LogP contribution is 2.30. The van der Waals surface area contributed by atoms with Gasteiger partial charge in [0.1, 0.15) is 21.1 Å². The zero-order chi connectivity index (χ0) is 19.0. The van der Waals surface area contributed by atoms with Gasteiger partial charge in [0, 0.05) is 22.7 Å². The van der Waals surface area contributed by atoms with E-state index < -0.39 is 9.84 Å². The van der Waals surface area contributed by atoms with Crippen molar-refractivity contribution in [3.63, 3.8) is 0 Å². The molecule has 0 amide bonds. The Morgan fingerprint density at radius 1 is 1.22 bits per heavy atom. The molecule has 0 saturated carbocycles. The Balaban J connectivity index is 1.61. The maximum Gasteiger partial charge on any atom is 0.231 e. The number of benzene rings is 1. The summed E-state index contributed by atoms with van der Waals surface area (Å²) < 4.78 is 35.4. The molecule has 0 spiro atoms. The molecule has 140 valence electrons. The highest BCUT2D eigenvalue weighted by Gasteiger charge is 2.13. The zero-order valence-electron chi connectivity index (χ0n) is 14.4. The van der Waals surface area contributed by atoms with Crippen LogP contribution in [0.5, 0.6) is 5.88 Å². The summed E-state index contributed by atoms with van der Waals surface area (Å²) in [5.41, 5.74) is 2.04. The molecule has 9 heteroatoms. The van der Waals surface area contributed by atoms with Crippen LogP contribution in [0.1, 0.15) is 6.42 Å². The van der Waals surface area contributed by atoms with Crippen LogP contribution >= 0.6 is 11.6 Å². The first kappa shape index (κ1) is 17.8. The van der Waals surface area contributed by atoms with Crippen LogP contribution in [0, 0.1) is 0 Å². The smallest absolute Gasteiger partial charge is 0.231 e. The molecule has 0 bridgehead atoms. The summed E-state index contributed by atoms with van der Waals surface area (Å²) in [5.74, 6) is 1.07. The van der Waals surface area contributed by atoms with Crippen molar-refractivity contribution in [1.29, 1.82) is 0 Å². The third kappa shape index (κ3) is 3.91. The third-order valence-corrected chi connectivity index (χ3v) is 5.24. The second kappa shape index (κ2) is 6.86. The molecular formula is C18H16ClN3O4S. The fourth-order valence-electron chi connectivity index (χ4n) is 2.74. The fraction of sp³-hybridized carbons (Fsp3) is 0.222. The Kier molecular flexibility index (Phi) is 4.53. The first-order valence-corrected chi connectivity index (χ1v) is 10.7. The van der Waals surface area contributed by atoms with E-state index in [2.05, 4.69) is 10.1 Å². The van der Waals surface area contributed by atoms with Gasteiger partial charge in [-0.1, -0.05) is 11.6 Å². The monoisotopic (exact) mass is 405 g/mol. The van der Waals surface area contributed by atoms with Gasteiger partial charge in [0.25, 0.3) is 0 Å². The topological polar surface area (TPSA) is 86.7 Å². The van der Waals surface area contributed by atoms with Gasteiger partial charge in [-0.05, 0) is 36.8 Å². The molecule has 3 aromatic heterocycles. The molecule has 0 unspecified atom stereocenters. The first-order chi connectivity index (χ1) is 12.9. The lowest BCUT2D eigenvalue weighted by atomic mass is 10.2. The van der Waals surface area contributed by atoms with E-state index in [9.17, 15) is 8.42 Å². The number of rotatable bonds is 6. The van der Waals surface area contributed by atoms with Crippen molar-refractivity contribution in [1.82, 2.24) is 14.6 Å². The number of halogens is 1. The normalized spacial score (nSPS) is 12.1. The van der Waals surface area contributed by atoms with Gasteiger partial charge in [-0.25, -0.2) is 17.9 Å². The van der Waals surface area contributed by atoms with Crippen LogP contribution < -0.4 is 4.74 Å². The molecule has 4 rings (SSSR count). The summed E-state index contributed by atoms with van der Waals surface area (Å²) in [7, 11) is -3.00. The molecule has 3 heterocycles. The lowest BCUT2D eigenvalue weighted by molar-refractivity contribution is 0.301. The minimum Gasteiger partial charge on any atom is -0.477 e. The average Bonchev–Trinajstić information content (AvgIpc) is 3.20. The molecule has 0 aliphatic heterocycles. The number of ether oxygens (including phenoxy) is 1. The molecule has 0 N–H and O–H groups in total. The third-order valence-electron chi connectivity index (χ3n) is 3.98. The van der Waals surface area contributed by atoms with E-state index in [0.29, 0.717) is 34.4 Å². The molecule has 0 fully saturated rings. The van der Waals surface area contributed by atoms with E-state index in [0.717, 1.165) is 11.0 Å². The predicted molar refractivity (Wildman–Crippen MR) is 103 cm³/mol. The van der Waals surface area contributed by atoms with Gasteiger partial charge >= 0.3 is 0 Å². The van der Waals surface area contributed by atoms with Gasteiger partial charge < -0.3 is 9.15 Å². The summed E-state index contributed by atoms with van der Waals surface area (Å²) in [5, 5.41) is 5.95. The molecule has 0 aliphatic carbocycles. The molecule has 7 nitrogen and oxygen atoms in total. The highest BCUT2D eigenvalue weighted by atomic mass is 35.5. The largest absolute Gasteiger partial charge is 0.477 e. The number of imidazole rings is 1. The number of sulfone groups is 1. The van der Waals surface area contributed by atoms with E-state index in [1.165, 1.54) is 6.26 Å². The predicted octanol–water partition coefficient (Wildman–Crippen LogP) is 3.61. The highest BCUT2D eigenvalue weighted by molar-refractivity contribution is 7.90. The van der Waals surface area contributed by atoms with E-state index in [1.54, 1.807) is 28.9 Å². The van der Waals surface area contributed by atoms with Crippen LogP contribution in [0.25, 0.3) is 28.1 Å². The van der Waals surface area contributed by atoms with Crippen LogP contribution in [0.15, 0.2) is 47.0 Å². The molecular weight excluding hydrogens is 390 g/mol. The molecule has 0 aliphatic rings. The number of hydrogen-bond acceptors (Lipinski definition) is 6. The molecule has 1 aromatic carbocycles. The van der Waals surface area contributed by atoms with E-state index >= 15 is 0 Å². The van der Waals surface area contributed by atoms with Gasteiger partial charge in [-0.15, -0.1) is 5.10 Å². The number of furan rings is 1. The van der Waals surface area contributed by atoms with Crippen molar-refractivity contribution < 1.29 is 17.6 Å². The van der Waals surface area contributed by atoms with Crippen molar-refractivity contribution in [2.75, 3.05) is 18.6 Å². The van der Waals surface area contributed by atoms with E-state index in [-0.39, 0.29) is 12.4 Å². The van der Waals surface area contributed by atoms with Crippen molar-refractivity contribution >= 4 is 38.1 Å². The van der Waals surface area contributed by atoms with Gasteiger partial charge in [0.2, 0.25) is 5.88 Å². The fourth-order valence-corrected chi connectivity index (χ4v) is 3.56. The van der Waals surface area contributed by atoms with Crippen LogP contribution in [0.4, 0.5) is 0 Å². The summed E-state index contributed by atoms with van der Waals surface area (Å²) >= 11 is 6.03. The van der Waals surface area contributed by atoms with Gasteiger partial charge in [0.05, 0.1) is 18.6 Å². The molecule has 0 atom stereocenters. The zero-order valence-corrected chi connectivity index (χ0v) is 16.0. The molecule has 27 heavy (non-hydrogen) atoms. The summed E-state index contributed by atoms with van der Waals surface area (Å²) in [6, 6.07) is 10.8. The summed E-state index contributed by atoms with van der Waals surface area (Å²) in [6.07, 6.45) is 3.28. The minimum atomic E-state index is -3.00. The van der Waals surface area contributed by atoms with Crippen molar-refractivity contribution in [3.8, 4) is 17.3 Å². The maximum atomic E-state index is 11.2. The van der Waals surface area contributed by atoms with Gasteiger partial charge in [0.15, 0.2) is 11.4 Å². The lowest BCUT2D eigenvalue weighted by Crippen LogP contribution is -2.09. The molecule has 4 aromatic rings. The lowest BCUT2D eigenvalue weighted by Gasteiger charge is -2.05. The Bertz CT molecular complexity index is 1230. The minimum absolute atomic E-state index is 0.0765. The standard InChI is InChI=1S/C18H16ClN3O4S/c1-27(23,24)8-2-7-25-18-6-5-17-20-11-14(22(17)21-18)16-10-12-9-13(19)3-4-15(12)26-16/h3-6,9-11H,2,7-8H2,1H3. The van der Waals surface area contributed by atoms with Crippen molar-refractivity contribution in [2.24, 2.45) is 0 Å². The number of nitrogens with zero attached hydrogens (tertiary/aromatic N) is 3. The first-order valence-electron chi connectivity index (χ1n) is 8.24. The van der Waals surface area contributed by atoms with Gasteiger partial charge in [-0.2, -0.15) is 0 Å². The van der Waals surface area contributed by atoms with Crippen LogP contribution in [-0.4, -0.2) is 41.6 Å². The van der Waals surface area contributed by atoms with E-state index in [1.807, 2.05) is 18.2 Å². The molecule has 0 radical (unpaired) electrons. The Hall–Kier alpha value is -2.58. The van der Waals surface area contributed by atoms with Crippen molar-refractivity contribution in [3.05, 3.63) is 47.6 Å². The van der Waals surface area contributed by atoms with E-state index in [4.69, 9.17) is 20.8 Å². The van der Waals surface area contributed by atoms with Crippen LogP contribution in [0.2, 0.25) is 5.02 Å². The number of aromatic nitrogens is 3. The van der Waals surface area contributed by atoms with Crippen molar-refractivity contribution in [2.45, 2.75) is 6.42 Å². The second-order valence-electron chi connectivity index (χ2n) is 6.21. The maximum absolute atomic E-state index is 11.2. The average molecular weight is 406 g/mol. The van der Waals surface area contributed by atoms with Crippen LogP contribution in [0.3, 0.4) is 0 Å². The Morgan fingerprint density at radius 3 is 2.89 bits per heavy atom. The summed E-state index contributed by atoms with van der Waals surface area (Å²) in [4.78, 5) is 4.33. The number of hydrogen-bond donors (Lipinski definition) is 0. The summed E-state index contributed by atoms with van der Waals surface area (Å²) in [6.45, 7) is 0.263. The molecule has 0 saturated heterocycles. The number of fused-ring (bicyclic) bond motifs is 2. The van der Waals surface area contributed by atoms with Crippen LogP contribution in [-0.2, 0) is 9.84 Å².